The van der Waals surface area contributed by atoms with Crippen LogP contribution in [0.3, 0.4) is 0 Å². The molecule has 0 atom stereocenters. The number of hydrogen-bond acceptors (Lipinski definition) is 6. The molecular weight excluding hydrogens is 351 g/mol. The first kappa shape index (κ1) is 18.2. The summed E-state index contributed by atoms with van der Waals surface area (Å²) in [6.07, 6.45) is 1.53. The van der Waals surface area contributed by atoms with Gasteiger partial charge >= 0.3 is 5.97 Å². The van der Waals surface area contributed by atoms with E-state index in [2.05, 4.69) is 20.5 Å². The average Bonchev–Trinajstić information content (AvgIpc) is 2.56. The van der Waals surface area contributed by atoms with E-state index in [0.717, 1.165) is 5.56 Å². The summed E-state index contributed by atoms with van der Waals surface area (Å²) in [4.78, 5) is 19.7. The summed E-state index contributed by atoms with van der Waals surface area (Å²) in [7, 11) is 0. The first-order valence-electron chi connectivity index (χ1n) is 7.22. The molecule has 0 radical (unpaired) electrons. The van der Waals surface area contributed by atoms with Crippen molar-refractivity contribution < 1.29 is 9.53 Å². The number of hydrogen-bond donors (Lipinski definition) is 1. The van der Waals surface area contributed by atoms with Crippen LogP contribution >= 0.6 is 23.2 Å². The van der Waals surface area contributed by atoms with Crippen LogP contribution in [0.2, 0.25) is 10.0 Å². The molecule has 0 aliphatic heterocycles. The second-order valence-corrected chi connectivity index (χ2v) is 5.67. The van der Waals surface area contributed by atoms with Crippen LogP contribution < -0.4 is 5.43 Å². The Kier molecular flexibility index (Phi) is 6.52. The molecule has 2 aromatic rings. The van der Waals surface area contributed by atoms with Crippen molar-refractivity contribution in [2.24, 2.45) is 5.10 Å². The Bertz CT molecular complexity index is 765. The minimum Gasteiger partial charge on any atom is -0.466 e. The van der Waals surface area contributed by atoms with Gasteiger partial charge in [0, 0.05) is 17.3 Å². The summed E-state index contributed by atoms with van der Waals surface area (Å²) in [6, 6.07) is 6.97. The zero-order chi connectivity index (χ0) is 17.5. The number of esters is 1. The maximum atomic E-state index is 11.4. The number of nitrogens with one attached hydrogen (secondary N) is 1. The van der Waals surface area contributed by atoms with E-state index >= 15 is 0 Å². The van der Waals surface area contributed by atoms with E-state index in [1.807, 2.05) is 6.07 Å². The molecule has 1 aromatic heterocycles. The maximum absolute atomic E-state index is 11.4. The Morgan fingerprint density at radius 1 is 1.25 bits per heavy atom. The first-order chi connectivity index (χ1) is 11.5. The second-order valence-electron chi connectivity index (χ2n) is 4.86. The molecule has 8 heteroatoms. The van der Waals surface area contributed by atoms with E-state index in [0.29, 0.717) is 33.9 Å². The highest BCUT2D eigenvalue weighted by molar-refractivity contribution is 6.42. The van der Waals surface area contributed by atoms with E-state index in [9.17, 15) is 4.79 Å². The number of aromatic nitrogens is 2. The molecule has 2 rings (SSSR count). The van der Waals surface area contributed by atoms with Crippen molar-refractivity contribution in [3.63, 3.8) is 0 Å². The van der Waals surface area contributed by atoms with Gasteiger partial charge in [-0.3, -0.25) is 10.2 Å². The summed E-state index contributed by atoms with van der Waals surface area (Å²) in [6.45, 7) is 3.83. The van der Waals surface area contributed by atoms with Crippen LogP contribution in [0.1, 0.15) is 20.3 Å². The summed E-state index contributed by atoms with van der Waals surface area (Å²) in [5, 5.41) is 5.04. The third-order valence-electron chi connectivity index (χ3n) is 2.95. The molecule has 1 aromatic carbocycles. The maximum Gasteiger partial charge on any atom is 0.311 e. The van der Waals surface area contributed by atoms with E-state index < -0.39 is 0 Å². The largest absolute Gasteiger partial charge is 0.466 e. The lowest BCUT2D eigenvalue weighted by Gasteiger charge is -2.06. The predicted molar refractivity (Wildman–Crippen MR) is 95.5 cm³/mol. The molecule has 6 nitrogen and oxygen atoms in total. The third-order valence-corrected chi connectivity index (χ3v) is 3.69. The molecule has 0 amide bonds. The molecule has 0 aliphatic carbocycles. The zero-order valence-electron chi connectivity index (χ0n) is 13.2. The number of carbonyl (C=O) groups excluding carboxylic acids is 1. The molecule has 0 fully saturated rings. The minimum atomic E-state index is -0.320. The molecule has 1 N–H and O–H groups in total. The second kappa shape index (κ2) is 8.61. The Morgan fingerprint density at radius 3 is 2.75 bits per heavy atom. The van der Waals surface area contributed by atoms with E-state index in [4.69, 9.17) is 27.9 Å². The van der Waals surface area contributed by atoms with Crippen molar-refractivity contribution in [2.75, 3.05) is 12.0 Å². The lowest BCUT2D eigenvalue weighted by molar-refractivity contribution is -0.141. The highest BCUT2D eigenvalue weighted by Gasteiger charge is 2.06. The van der Waals surface area contributed by atoms with Gasteiger partial charge < -0.3 is 4.74 Å². The third kappa shape index (κ3) is 5.18. The first-order valence-corrected chi connectivity index (χ1v) is 7.97. The van der Waals surface area contributed by atoms with Crippen molar-refractivity contribution in [2.45, 2.75) is 20.3 Å². The normalized spacial score (nSPS) is 11.2. The van der Waals surface area contributed by atoms with Gasteiger partial charge in [-0.25, -0.2) is 9.97 Å². The monoisotopic (exact) mass is 366 g/mol. The Morgan fingerprint density at radius 2 is 2.04 bits per heavy atom. The highest BCUT2D eigenvalue weighted by Crippen LogP contribution is 2.28. The van der Waals surface area contributed by atoms with E-state index in [1.165, 1.54) is 6.33 Å². The molecule has 0 aliphatic rings. The average molecular weight is 367 g/mol. The molecule has 0 unspecified atom stereocenters. The number of carbonyl (C=O) groups is 1. The molecular formula is C16H16Cl2N4O2. The zero-order valence-corrected chi connectivity index (χ0v) is 14.7. The topological polar surface area (TPSA) is 76.5 Å². The summed E-state index contributed by atoms with van der Waals surface area (Å²) in [5.74, 6) is 0.175. The predicted octanol–water partition coefficient (Wildman–Crippen LogP) is 4.19. The molecule has 126 valence electrons. The summed E-state index contributed by atoms with van der Waals surface area (Å²) >= 11 is 11.9. The number of benzene rings is 1. The van der Waals surface area contributed by atoms with Crippen LogP contribution in [-0.2, 0) is 9.53 Å². The van der Waals surface area contributed by atoms with Crippen molar-refractivity contribution in [1.29, 1.82) is 0 Å². The number of nitrogens with zero attached hydrogens (tertiary/aromatic N) is 3. The summed E-state index contributed by atoms with van der Waals surface area (Å²) < 4.78 is 4.87. The van der Waals surface area contributed by atoms with Crippen LogP contribution in [-0.4, -0.2) is 28.3 Å². The molecule has 0 spiro atoms. The van der Waals surface area contributed by atoms with Crippen molar-refractivity contribution in [3.8, 4) is 11.3 Å². The van der Waals surface area contributed by atoms with Crippen LogP contribution in [0.15, 0.2) is 35.7 Å². The van der Waals surface area contributed by atoms with Crippen LogP contribution in [0.25, 0.3) is 11.3 Å². The fraction of sp³-hybridized carbons (Fsp3) is 0.250. The van der Waals surface area contributed by atoms with Gasteiger partial charge in [-0.1, -0.05) is 29.3 Å². The van der Waals surface area contributed by atoms with Gasteiger partial charge in [0.25, 0.3) is 0 Å². The number of halogens is 2. The number of anilines is 1. The molecule has 0 saturated heterocycles. The Balaban J connectivity index is 2.10. The van der Waals surface area contributed by atoms with Gasteiger partial charge in [0.2, 0.25) is 0 Å². The highest BCUT2D eigenvalue weighted by atomic mass is 35.5. The van der Waals surface area contributed by atoms with Crippen LogP contribution in [0.5, 0.6) is 0 Å². The summed E-state index contributed by atoms with van der Waals surface area (Å²) in [5.41, 5.74) is 4.86. The van der Waals surface area contributed by atoms with Gasteiger partial charge in [0.05, 0.1) is 28.8 Å². The van der Waals surface area contributed by atoms with Crippen molar-refractivity contribution >= 4 is 40.7 Å². The minimum absolute atomic E-state index is 0.117. The Labute approximate surface area is 149 Å². The molecule has 1 heterocycles. The number of hydrazone groups is 1. The molecule has 24 heavy (non-hydrogen) atoms. The van der Waals surface area contributed by atoms with Gasteiger partial charge in [0.1, 0.15) is 12.1 Å². The SMILES string of the molecule is CCOC(=O)C/C(C)=N\Nc1cc(-c2ccc(Cl)c(Cl)c2)ncn1. The quantitative estimate of drug-likeness (QED) is 0.471. The lowest BCUT2D eigenvalue weighted by atomic mass is 10.1. The Hall–Kier alpha value is -2.18. The van der Waals surface area contributed by atoms with Gasteiger partial charge in [-0.2, -0.15) is 5.10 Å². The van der Waals surface area contributed by atoms with Gasteiger partial charge in [0.15, 0.2) is 0 Å². The fourth-order valence-electron chi connectivity index (χ4n) is 1.84. The fourth-order valence-corrected chi connectivity index (χ4v) is 2.14. The van der Waals surface area contributed by atoms with Crippen molar-refractivity contribution in [1.82, 2.24) is 9.97 Å². The smallest absolute Gasteiger partial charge is 0.311 e. The van der Waals surface area contributed by atoms with E-state index in [1.54, 1.807) is 32.0 Å². The van der Waals surface area contributed by atoms with Crippen LogP contribution in [0.4, 0.5) is 5.82 Å². The molecule has 0 saturated carbocycles. The van der Waals surface area contributed by atoms with Gasteiger partial charge in [-0.15, -0.1) is 0 Å². The van der Waals surface area contributed by atoms with E-state index in [-0.39, 0.29) is 12.4 Å². The number of ether oxygens (including phenoxy) is 1. The lowest BCUT2D eigenvalue weighted by Crippen LogP contribution is -2.10. The standard InChI is InChI=1S/C16H16Cl2N4O2/c1-3-24-16(23)6-10(2)21-22-15-8-14(19-9-20-15)11-4-5-12(17)13(18)7-11/h4-5,7-9H,3,6H2,1-2H3,(H,19,20,22)/b21-10-. The van der Waals surface area contributed by atoms with Crippen molar-refractivity contribution in [3.05, 3.63) is 40.6 Å². The van der Waals surface area contributed by atoms with Crippen LogP contribution in [0, 0.1) is 0 Å². The molecule has 0 bridgehead atoms. The number of rotatable bonds is 6. The van der Waals surface area contributed by atoms with Gasteiger partial charge in [-0.05, 0) is 26.0 Å².